The average molecular weight is 359 g/mol. The van der Waals surface area contributed by atoms with Crippen molar-refractivity contribution in [2.75, 3.05) is 13.1 Å². The number of carbonyl (C=O) groups is 2. The van der Waals surface area contributed by atoms with Crippen molar-refractivity contribution in [2.45, 2.75) is 25.9 Å². The number of fused-ring (bicyclic) bond motifs is 4. The Hall–Kier alpha value is -2.92. The van der Waals surface area contributed by atoms with E-state index in [9.17, 15) is 9.59 Å². The van der Waals surface area contributed by atoms with Crippen molar-refractivity contribution in [3.05, 3.63) is 70.9 Å². The van der Waals surface area contributed by atoms with Crippen molar-refractivity contribution in [3.8, 4) is 0 Å². The monoisotopic (exact) mass is 359 g/mol. The lowest BCUT2D eigenvalue weighted by molar-refractivity contribution is 0.0651. The summed E-state index contributed by atoms with van der Waals surface area (Å²) in [7, 11) is 0. The Balaban J connectivity index is 1.38. The van der Waals surface area contributed by atoms with E-state index in [4.69, 9.17) is 0 Å². The van der Waals surface area contributed by atoms with Gasteiger partial charge in [0, 0.05) is 36.2 Å². The Morgan fingerprint density at radius 2 is 1.59 bits per heavy atom. The van der Waals surface area contributed by atoms with Crippen LogP contribution in [0.3, 0.4) is 0 Å². The first-order valence-corrected chi connectivity index (χ1v) is 9.50. The molecule has 27 heavy (non-hydrogen) atoms. The minimum atomic E-state index is -0.170. The smallest absolute Gasteiger partial charge is 0.261 e. The Bertz CT molecular complexity index is 1030. The quantitative estimate of drug-likeness (QED) is 0.729. The maximum absolute atomic E-state index is 12.5. The molecule has 0 atom stereocenters. The molecule has 5 nitrogen and oxygen atoms in total. The van der Waals surface area contributed by atoms with Crippen LogP contribution in [-0.2, 0) is 19.5 Å². The van der Waals surface area contributed by atoms with Crippen LogP contribution in [0.4, 0.5) is 0 Å². The van der Waals surface area contributed by atoms with Crippen molar-refractivity contribution in [3.63, 3.8) is 0 Å². The number of para-hydroxylation sites is 1. The first-order valence-electron chi connectivity index (χ1n) is 9.50. The summed E-state index contributed by atoms with van der Waals surface area (Å²) in [5.74, 6) is -0.340. The third-order valence-corrected chi connectivity index (χ3v) is 5.68. The maximum atomic E-state index is 12.5. The number of carbonyl (C=O) groups excluding carboxylic acids is 2. The van der Waals surface area contributed by atoms with E-state index in [0.717, 1.165) is 32.5 Å². The number of hydrogen-bond acceptors (Lipinski definition) is 3. The van der Waals surface area contributed by atoms with E-state index in [2.05, 4.69) is 34.1 Å². The minimum absolute atomic E-state index is 0.170. The third-order valence-electron chi connectivity index (χ3n) is 5.68. The summed E-state index contributed by atoms with van der Waals surface area (Å²) in [4.78, 5) is 26.5. The number of aryl methyl sites for hydroxylation is 1. The van der Waals surface area contributed by atoms with Crippen LogP contribution in [0.5, 0.6) is 0 Å². The number of rotatable bonds is 4. The highest BCUT2D eigenvalue weighted by Crippen LogP contribution is 2.29. The van der Waals surface area contributed by atoms with E-state index in [1.165, 1.54) is 27.1 Å². The van der Waals surface area contributed by atoms with E-state index >= 15 is 0 Å². The van der Waals surface area contributed by atoms with E-state index in [-0.39, 0.29) is 11.8 Å². The summed E-state index contributed by atoms with van der Waals surface area (Å²) in [5, 5.41) is 4.79. The summed E-state index contributed by atoms with van der Waals surface area (Å²) >= 11 is 0. The van der Waals surface area contributed by atoms with Gasteiger partial charge in [-0.15, -0.1) is 0 Å². The second-order valence-electron chi connectivity index (χ2n) is 7.18. The molecule has 0 radical (unpaired) electrons. The number of nitrogens with zero attached hydrogens (tertiary/aromatic N) is 2. The first kappa shape index (κ1) is 16.3. The van der Waals surface area contributed by atoms with E-state index < -0.39 is 0 Å². The average Bonchev–Trinajstić information content (AvgIpc) is 3.16. The predicted molar refractivity (Wildman–Crippen MR) is 104 cm³/mol. The molecule has 5 rings (SSSR count). The van der Waals surface area contributed by atoms with Gasteiger partial charge in [0.2, 0.25) is 0 Å². The standard InChI is InChI=1S/C22H21N3O2/c26-21-17-7-1-2-8-18(17)22(27)25(21)13-5-12-24-19-9-4-3-6-15(19)16-10-11-23-14-20(16)24/h1-4,6-9,23H,5,10-14H2. The summed E-state index contributed by atoms with van der Waals surface area (Å²) in [5.41, 5.74) is 5.06. The van der Waals surface area contributed by atoms with Gasteiger partial charge in [0.15, 0.2) is 0 Å². The lowest BCUT2D eigenvalue weighted by Crippen LogP contribution is -2.31. The summed E-state index contributed by atoms with van der Waals surface area (Å²) < 4.78 is 2.36. The Morgan fingerprint density at radius 1 is 0.889 bits per heavy atom. The molecular formula is C22H21N3O2. The molecule has 0 aliphatic carbocycles. The van der Waals surface area contributed by atoms with Crippen molar-refractivity contribution in [1.29, 1.82) is 0 Å². The zero-order chi connectivity index (χ0) is 18.4. The zero-order valence-electron chi connectivity index (χ0n) is 15.1. The summed E-state index contributed by atoms with van der Waals surface area (Å²) in [6.45, 7) is 3.12. The maximum Gasteiger partial charge on any atom is 0.261 e. The van der Waals surface area contributed by atoms with Gasteiger partial charge in [-0.05, 0) is 43.1 Å². The van der Waals surface area contributed by atoms with Crippen molar-refractivity contribution in [2.24, 2.45) is 0 Å². The van der Waals surface area contributed by atoms with Crippen LogP contribution in [0.25, 0.3) is 10.9 Å². The molecule has 0 spiro atoms. The highest BCUT2D eigenvalue weighted by molar-refractivity contribution is 6.21. The number of amides is 2. The lowest BCUT2D eigenvalue weighted by atomic mass is 10.1. The zero-order valence-corrected chi connectivity index (χ0v) is 15.1. The van der Waals surface area contributed by atoms with E-state index in [1.807, 2.05) is 0 Å². The normalized spacial score (nSPS) is 16.1. The van der Waals surface area contributed by atoms with Gasteiger partial charge >= 0.3 is 0 Å². The summed E-state index contributed by atoms with van der Waals surface area (Å²) in [6.07, 6.45) is 1.79. The summed E-state index contributed by atoms with van der Waals surface area (Å²) in [6, 6.07) is 15.6. The largest absolute Gasteiger partial charge is 0.343 e. The van der Waals surface area contributed by atoms with Crippen LogP contribution in [0.2, 0.25) is 0 Å². The Labute approximate surface area is 157 Å². The fourth-order valence-corrected chi connectivity index (χ4v) is 4.41. The van der Waals surface area contributed by atoms with Gasteiger partial charge in [-0.3, -0.25) is 14.5 Å². The van der Waals surface area contributed by atoms with Gasteiger partial charge in [-0.2, -0.15) is 0 Å². The highest BCUT2D eigenvalue weighted by atomic mass is 16.2. The fourth-order valence-electron chi connectivity index (χ4n) is 4.41. The van der Waals surface area contributed by atoms with Gasteiger partial charge in [0.05, 0.1) is 11.1 Å². The molecule has 0 saturated heterocycles. The van der Waals surface area contributed by atoms with Crippen LogP contribution in [-0.4, -0.2) is 34.4 Å². The number of aromatic nitrogens is 1. The molecule has 2 aliphatic heterocycles. The molecule has 136 valence electrons. The highest BCUT2D eigenvalue weighted by Gasteiger charge is 2.34. The number of imide groups is 1. The van der Waals surface area contributed by atoms with Crippen molar-refractivity contribution in [1.82, 2.24) is 14.8 Å². The van der Waals surface area contributed by atoms with Gasteiger partial charge in [0.1, 0.15) is 0 Å². The first-order chi connectivity index (χ1) is 13.3. The number of nitrogens with one attached hydrogen (secondary N) is 1. The van der Waals surface area contributed by atoms with Crippen LogP contribution in [0.1, 0.15) is 38.4 Å². The lowest BCUT2D eigenvalue weighted by Gasteiger charge is -2.18. The van der Waals surface area contributed by atoms with Gasteiger partial charge in [-0.25, -0.2) is 0 Å². The van der Waals surface area contributed by atoms with Crippen molar-refractivity contribution >= 4 is 22.7 Å². The minimum Gasteiger partial charge on any atom is -0.343 e. The molecule has 2 aliphatic rings. The van der Waals surface area contributed by atoms with Gasteiger partial charge in [-0.1, -0.05) is 30.3 Å². The molecule has 0 saturated carbocycles. The molecule has 0 fully saturated rings. The molecule has 5 heteroatoms. The molecule has 2 amide bonds. The van der Waals surface area contributed by atoms with Gasteiger partial charge < -0.3 is 9.88 Å². The third kappa shape index (κ3) is 2.50. The van der Waals surface area contributed by atoms with Crippen LogP contribution >= 0.6 is 0 Å². The molecule has 3 heterocycles. The molecule has 1 aromatic heterocycles. The Morgan fingerprint density at radius 3 is 2.37 bits per heavy atom. The topological polar surface area (TPSA) is 54.3 Å². The SMILES string of the molecule is O=C1c2ccccc2C(=O)N1CCCn1c2c(c3ccccc31)CCNC2. The second-order valence-corrected chi connectivity index (χ2v) is 7.18. The van der Waals surface area contributed by atoms with Crippen LogP contribution in [0.15, 0.2) is 48.5 Å². The molecule has 0 unspecified atom stereocenters. The molecule has 3 aromatic rings. The van der Waals surface area contributed by atoms with Crippen molar-refractivity contribution < 1.29 is 9.59 Å². The molecular weight excluding hydrogens is 338 g/mol. The predicted octanol–water partition coefficient (Wildman–Crippen LogP) is 2.97. The molecule has 1 N–H and O–H groups in total. The van der Waals surface area contributed by atoms with Crippen LogP contribution in [0, 0.1) is 0 Å². The number of benzene rings is 2. The Kier molecular flexibility index (Phi) is 3.83. The van der Waals surface area contributed by atoms with Gasteiger partial charge in [0.25, 0.3) is 11.8 Å². The molecule has 2 aromatic carbocycles. The fraction of sp³-hybridized carbons (Fsp3) is 0.273. The second kappa shape index (κ2) is 6.35. The van der Waals surface area contributed by atoms with Crippen LogP contribution < -0.4 is 5.32 Å². The van der Waals surface area contributed by atoms with E-state index in [0.29, 0.717) is 17.7 Å². The van der Waals surface area contributed by atoms with E-state index in [1.54, 1.807) is 24.3 Å². The molecule has 0 bridgehead atoms. The number of hydrogen-bond donors (Lipinski definition) is 1.